The summed E-state index contributed by atoms with van der Waals surface area (Å²) in [6.07, 6.45) is 0.397. The van der Waals surface area contributed by atoms with Crippen molar-refractivity contribution in [1.29, 1.82) is 0 Å². The number of anilines is 1. The summed E-state index contributed by atoms with van der Waals surface area (Å²) >= 11 is 3.39. The molecule has 0 radical (unpaired) electrons. The summed E-state index contributed by atoms with van der Waals surface area (Å²) in [7, 11) is 1.89. The maximum atomic E-state index is 11.8. The number of hydrogen-bond acceptors (Lipinski definition) is 3. The Bertz CT molecular complexity index is 430. The topological polar surface area (TPSA) is 52.6 Å². The lowest BCUT2D eigenvalue weighted by Gasteiger charge is -2.25. The van der Waals surface area contributed by atoms with Gasteiger partial charge in [0.15, 0.2) is 0 Å². The average Bonchev–Trinajstić information content (AvgIpc) is 2.27. The highest BCUT2D eigenvalue weighted by Crippen LogP contribution is 2.21. The number of benzene rings is 1. The monoisotopic (exact) mass is 328 g/mol. The Balaban J connectivity index is 2.38. The SMILES string of the molecule is CN(CCC(=O)Nc1ccccc1Br)CC(C)(C)O. The highest BCUT2D eigenvalue weighted by molar-refractivity contribution is 9.10. The lowest BCUT2D eigenvalue weighted by molar-refractivity contribution is -0.116. The molecule has 0 aromatic heterocycles. The number of carbonyl (C=O) groups is 1. The molecule has 0 bridgehead atoms. The smallest absolute Gasteiger partial charge is 0.225 e. The third-order valence-electron chi connectivity index (χ3n) is 2.53. The summed E-state index contributed by atoms with van der Waals surface area (Å²) in [5.41, 5.74) is 0.0332. The van der Waals surface area contributed by atoms with Gasteiger partial charge in [0, 0.05) is 24.0 Å². The van der Waals surface area contributed by atoms with Crippen LogP contribution in [0.15, 0.2) is 28.7 Å². The fourth-order valence-electron chi connectivity index (χ4n) is 1.81. The molecule has 1 rings (SSSR count). The maximum absolute atomic E-state index is 11.8. The van der Waals surface area contributed by atoms with Gasteiger partial charge in [-0.25, -0.2) is 0 Å². The van der Waals surface area contributed by atoms with Crippen molar-refractivity contribution in [1.82, 2.24) is 4.90 Å². The van der Waals surface area contributed by atoms with E-state index in [1.54, 1.807) is 13.8 Å². The third-order valence-corrected chi connectivity index (χ3v) is 3.22. The van der Waals surface area contributed by atoms with E-state index in [-0.39, 0.29) is 5.91 Å². The molecule has 0 saturated heterocycles. The summed E-state index contributed by atoms with van der Waals surface area (Å²) in [4.78, 5) is 13.8. The van der Waals surface area contributed by atoms with Crippen LogP contribution >= 0.6 is 15.9 Å². The number of carbonyl (C=O) groups excluding carboxylic acids is 1. The second kappa shape index (κ2) is 7.03. The van der Waals surface area contributed by atoms with Gasteiger partial charge in [-0.05, 0) is 49.0 Å². The lowest BCUT2D eigenvalue weighted by Crippen LogP contribution is -2.37. The van der Waals surface area contributed by atoms with Crippen molar-refractivity contribution in [3.63, 3.8) is 0 Å². The van der Waals surface area contributed by atoms with Gasteiger partial charge in [0.2, 0.25) is 5.91 Å². The predicted molar refractivity (Wildman–Crippen MR) is 81.2 cm³/mol. The number of likely N-dealkylation sites (N-methyl/N-ethyl adjacent to an activating group) is 1. The van der Waals surface area contributed by atoms with Crippen LogP contribution in [0.25, 0.3) is 0 Å². The fraction of sp³-hybridized carbons (Fsp3) is 0.500. The highest BCUT2D eigenvalue weighted by atomic mass is 79.9. The van der Waals surface area contributed by atoms with Gasteiger partial charge in [0.25, 0.3) is 0 Å². The van der Waals surface area contributed by atoms with Crippen LogP contribution in [0.4, 0.5) is 5.69 Å². The average molecular weight is 329 g/mol. The Kier molecular flexibility index (Phi) is 5.97. The third kappa shape index (κ3) is 6.71. The van der Waals surface area contributed by atoms with E-state index in [9.17, 15) is 9.90 Å². The van der Waals surface area contributed by atoms with E-state index < -0.39 is 5.60 Å². The molecule has 1 aromatic rings. The highest BCUT2D eigenvalue weighted by Gasteiger charge is 2.16. The molecule has 0 aliphatic carbocycles. The molecule has 0 saturated carbocycles. The molecule has 106 valence electrons. The van der Waals surface area contributed by atoms with Crippen LogP contribution in [-0.4, -0.2) is 41.7 Å². The molecule has 1 amide bonds. The summed E-state index contributed by atoms with van der Waals surface area (Å²) in [6, 6.07) is 7.51. The summed E-state index contributed by atoms with van der Waals surface area (Å²) < 4.78 is 0.869. The molecule has 0 spiro atoms. The second-order valence-electron chi connectivity index (χ2n) is 5.33. The Morgan fingerprint density at radius 3 is 2.63 bits per heavy atom. The van der Waals surface area contributed by atoms with Crippen LogP contribution in [-0.2, 0) is 4.79 Å². The number of nitrogens with zero attached hydrogens (tertiary/aromatic N) is 1. The van der Waals surface area contributed by atoms with Crippen molar-refractivity contribution >= 4 is 27.5 Å². The summed E-state index contributed by atoms with van der Waals surface area (Å²) in [5.74, 6) is -0.0329. The minimum Gasteiger partial charge on any atom is -0.389 e. The second-order valence-corrected chi connectivity index (χ2v) is 6.18. The molecule has 19 heavy (non-hydrogen) atoms. The van der Waals surface area contributed by atoms with Crippen molar-refractivity contribution < 1.29 is 9.90 Å². The number of para-hydroxylation sites is 1. The Hall–Kier alpha value is -0.910. The van der Waals surface area contributed by atoms with Gasteiger partial charge in [0.05, 0.1) is 11.3 Å². The van der Waals surface area contributed by atoms with E-state index >= 15 is 0 Å². The predicted octanol–water partition coefficient (Wildman–Crippen LogP) is 2.48. The van der Waals surface area contributed by atoms with E-state index in [1.807, 2.05) is 36.2 Å². The van der Waals surface area contributed by atoms with Crippen LogP contribution < -0.4 is 5.32 Å². The minimum absolute atomic E-state index is 0.0329. The van der Waals surface area contributed by atoms with E-state index in [2.05, 4.69) is 21.2 Å². The quantitative estimate of drug-likeness (QED) is 0.843. The summed E-state index contributed by atoms with van der Waals surface area (Å²) in [5, 5.41) is 12.5. The molecular formula is C14H21BrN2O2. The van der Waals surface area contributed by atoms with Crippen LogP contribution in [0, 0.1) is 0 Å². The molecular weight excluding hydrogens is 308 g/mol. The van der Waals surface area contributed by atoms with Crippen molar-refractivity contribution in [2.75, 3.05) is 25.5 Å². The standard InChI is InChI=1S/C14H21BrN2O2/c1-14(2,19)10-17(3)9-8-13(18)16-12-7-5-4-6-11(12)15/h4-7,19H,8-10H2,1-3H3,(H,16,18). The first kappa shape index (κ1) is 16.1. The number of nitrogens with one attached hydrogen (secondary N) is 1. The molecule has 1 aromatic carbocycles. The van der Waals surface area contributed by atoms with Gasteiger partial charge >= 0.3 is 0 Å². The number of hydrogen-bond donors (Lipinski definition) is 2. The van der Waals surface area contributed by atoms with Crippen molar-refractivity contribution in [3.05, 3.63) is 28.7 Å². The number of rotatable bonds is 6. The molecule has 5 heteroatoms. The first-order valence-corrected chi connectivity index (χ1v) is 7.02. The van der Waals surface area contributed by atoms with Gasteiger partial charge in [-0.15, -0.1) is 0 Å². The van der Waals surface area contributed by atoms with Crippen molar-refractivity contribution in [2.45, 2.75) is 25.9 Å². The van der Waals surface area contributed by atoms with Crippen molar-refractivity contribution in [3.8, 4) is 0 Å². The fourth-order valence-corrected chi connectivity index (χ4v) is 2.19. The Labute approximate surface area is 122 Å². The van der Waals surface area contributed by atoms with Crippen LogP contribution in [0.1, 0.15) is 20.3 Å². The van der Waals surface area contributed by atoms with Crippen LogP contribution in [0.2, 0.25) is 0 Å². The van der Waals surface area contributed by atoms with Crippen molar-refractivity contribution in [2.24, 2.45) is 0 Å². The number of halogens is 1. The summed E-state index contributed by atoms with van der Waals surface area (Å²) in [6.45, 7) is 4.66. The normalized spacial score (nSPS) is 11.7. The van der Waals surface area contributed by atoms with Gasteiger partial charge in [0.1, 0.15) is 0 Å². The van der Waals surface area contributed by atoms with Crippen LogP contribution in [0.3, 0.4) is 0 Å². The molecule has 0 aliphatic heterocycles. The zero-order valence-electron chi connectivity index (χ0n) is 11.6. The molecule has 4 nitrogen and oxygen atoms in total. The number of aliphatic hydroxyl groups is 1. The van der Waals surface area contributed by atoms with E-state index in [0.29, 0.717) is 19.5 Å². The van der Waals surface area contributed by atoms with Gasteiger partial charge in [-0.1, -0.05) is 12.1 Å². The zero-order chi connectivity index (χ0) is 14.5. The first-order chi connectivity index (χ1) is 8.78. The van der Waals surface area contributed by atoms with Gasteiger partial charge in [-0.3, -0.25) is 4.79 Å². The zero-order valence-corrected chi connectivity index (χ0v) is 13.2. The molecule has 0 atom stereocenters. The molecule has 0 fully saturated rings. The molecule has 2 N–H and O–H groups in total. The first-order valence-electron chi connectivity index (χ1n) is 6.23. The molecule has 0 heterocycles. The largest absolute Gasteiger partial charge is 0.389 e. The lowest BCUT2D eigenvalue weighted by atomic mass is 10.1. The molecule has 0 aliphatic rings. The van der Waals surface area contributed by atoms with E-state index in [4.69, 9.17) is 0 Å². The van der Waals surface area contributed by atoms with Gasteiger partial charge in [-0.2, -0.15) is 0 Å². The van der Waals surface area contributed by atoms with E-state index in [1.165, 1.54) is 0 Å². The Morgan fingerprint density at radius 2 is 2.05 bits per heavy atom. The Morgan fingerprint density at radius 1 is 1.42 bits per heavy atom. The van der Waals surface area contributed by atoms with E-state index in [0.717, 1.165) is 10.2 Å². The van der Waals surface area contributed by atoms with Crippen LogP contribution in [0.5, 0.6) is 0 Å². The minimum atomic E-state index is -0.742. The van der Waals surface area contributed by atoms with Gasteiger partial charge < -0.3 is 15.3 Å². The maximum Gasteiger partial charge on any atom is 0.225 e. The number of amides is 1. The molecule has 0 unspecified atom stereocenters.